The molecule has 1 amide bonds. The zero-order valence-corrected chi connectivity index (χ0v) is 14.7. The highest BCUT2D eigenvalue weighted by Gasteiger charge is 2.24. The normalized spacial score (nSPS) is 17.6. The van der Waals surface area contributed by atoms with Gasteiger partial charge in [0.15, 0.2) is 0 Å². The monoisotopic (exact) mass is 344 g/mol. The standard InChI is InChI=1S/C18H21ClN4O/c1-12-6-7-15(11-20-12)22-17-16(19)9-14(10-21-17)18(24)23-8-4-3-5-13(23)2/h6-7,9-11,13H,3-5,8H2,1-2H3,(H,21,22)/t13-/m0/s1. The summed E-state index contributed by atoms with van der Waals surface area (Å²) < 4.78 is 0. The molecule has 1 atom stereocenters. The summed E-state index contributed by atoms with van der Waals surface area (Å²) in [7, 11) is 0. The predicted molar refractivity (Wildman–Crippen MR) is 95.9 cm³/mol. The largest absolute Gasteiger partial charge is 0.338 e. The molecule has 2 aromatic heterocycles. The molecule has 3 heterocycles. The fourth-order valence-electron chi connectivity index (χ4n) is 2.89. The topological polar surface area (TPSA) is 58.1 Å². The van der Waals surface area contributed by atoms with Crippen LogP contribution in [0.4, 0.5) is 11.5 Å². The lowest BCUT2D eigenvalue weighted by Gasteiger charge is -2.33. The zero-order chi connectivity index (χ0) is 17.1. The number of aromatic nitrogens is 2. The number of pyridine rings is 2. The molecule has 0 radical (unpaired) electrons. The highest BCUT2D eigenvalue weighted by atomic mass is 35.5. The lowest BCUT2D eigenvalue weighted by molar-refractivity contribution is 0.0635. The molecule has 6 heteroatoms. The van der Waals surface area contributed by atoms with Crippen LogP contribution in [0.2, 0.25) is 5.02 Å². The van der Waals surface area contributed by atoms with E-state index in [4.69, 9.17) is 11.6 Å². The van der Waals surface area contributed by atoms with E-state index in [2.05, 4.69) is 22.2 Å². The Labute approximate surface area is 147 Å². The molecule has 1 aliphatic heterocycles. The second kappa shape index (κ2) is 7.18. The number of carbonyl (C=O) groups excluding carboxylic acids is 1. The van der Waals surface area contributed by atoms with Crippen molar-refractivity contribution in [2.24, 2.45) is 0 Å². The van der Waals surface area contributed by atoms with Crippen LogP contribution in [0.1, 0.15) is 42.2 Å². The summed E-state index contributed by atoms with van der Waals surface area (Å²) in [6.45, 7) is 4.82. The molecule has 0 spiro atoms. The first-order valence-corrected chi connectivity index (χ1v) is 8.58. The van der Waals surface area contributed by atoms with Crippen LogP contribution in [-0.2, 0) is 0 Å². The third kappa shape index (κ3) is 3.67. The number of likely N-dealkylation sites (tertiary alicyclic amines) is 1. The van der Waals surface area contributed by atoms with Crippen LogP contribution >= 0.6 is 11.6 Å². The van der Waals surface area contributed by atoms with Crippen LogP contribution in [0.5, 0.6) is 0 Å². The van der Waals surface area contributed by atoms with E-state index in [-0.39, 0.29) is 11.9 Å². The minimum atomic E-state index is 0.000141. The van der Waals surface area contributed by atoms with E-state index in [1.54, 1.807) is 18.5 Å². The quantitative estimate of drug-likeness (QED) is 0.906. The first kappa shape index (κ1) is 16.7. The van der Waals surface area contributed by atoms with Gasteiger partial charge in [-0.1, -0.05) is 11.6 Å². The van der Waals surface area contributed by atoms with Gasteiger partial charge in [-0.25, -0.2) is 4.98 Å². The van der Waals surface area contributed by atoms with E-state index >= 15 is 0 Å². The minimum Gasteiger partial charge on any atom is -0.338 e. The number of aryl methyl sites for hydroxylation is 1. The van der Waals surface area contributed by atoms with Gasteiger partial charge in [0.25, 0.3) is 5.91 Å². The number of carbonyl (C=O) groups is 1. The second-order valence-corrected chi connectivity index (χ2v) is 6.62. The molecular formula is C18H21ClN4O. The van der Waals surface area contributed by atoms with Crippen LogP contribution in [0.25, 0.3) is 0 Å². The molecule has 126 valence electrons. The van der Waals surface area contributed by atoms with Crippen molar-refractivity contribution in [2.45, 2.75) is 39.2 Å². The summed E-state index contributed by atoms with van der Waals surface area (Å²) in [5.74, 6) is 0.519. The van der Waals surface area contributed by atoms with Crippen molar-refractivity contribution in [2.75, 3.05) is 11.9 Å². The highest BCUT2D eigenvalue weighted by molar-refractivity contribution is 6.33. The number of hydrogen-bond donors (Lipinski definition) is 1. The molecule has 0 aliphatic carbocycles. The minimum absolute atomic E-state index is 0.000141. The van der Waals surface area contributed by atoms with Crippen LogP contribution in [0.3, 0.4) is 0 Å². The van der Waals surface area contributed by atoms with Crippen molar-refractivity contribution in [3.05, 3.63) is 46.9 Å². The first-order chi connectivity index (χ1) is 11.5. The maximum absolute atomic E-state index is 12.7. The average molecular weight is 345 g/mol. The van der Waals surface area contributed by atoms with Crippen molar-refractivity contribution in [3.63, 3.8) is 0 Å². The maximum atomic E-state index is 12.7. The zero-order valence-electron chi connectivity index (χ0n) is 13.9. The smallest absolute Gasteiger partial charge is 0.255 e. The Hall–Kier alpha value is -2.14. The van der Waals surface area contributed by atoms with E-state index in [9.17, 15) is 4.79 Å². The van der Waals surface area contributed by atoms with Crippen molar-refractivity contribution >= 4 is 29.0 Å². The Kier molecular flexibility index (Phi) is 5.00. The Morgan fingerprint density at radius 3 is 2.79 bits per heavy atom. The number of rotatable bonds is 3. The molecule has 1 saturated heterocycles. The van der Waals surface area contributed by atoms with Gasteiger partial charge in [0.2, 0.25) is 0 Å². The molecule has 5 nitrogen and oxygen atoms in total. The van der Waals surface area contributed by atoms with Gasteiger partial charge in [0, 0.05) is 24.5 Å². The molecular weight excluding hydrogens is 324 g/mol. The Morgan fingerprint density at radius 1 is 1.29 bits per heavy atom. The summed E-state index contributed by atoms with van der Waals surface area (Å²) in [6.07, 6.45) is 6.59. The van der Waals surface area contributed by atoms with Gasteiger partial charge in [0.05, 0.1) is 22.5 Å². The van der Waals surface area contributed by atoms with E-state index in [0.717, 1.165) is 30.8 Å². The SMILES string of the molecule is Cc1ccc(Nc2ncc(C(=O)N3CCCC[C@@H]3C)cc2Cl)cn1. The fraction of sp³-hybridized carbons (Fsp3) is 0.389. The third-order valence-electron chi connectivity index (χ3n) is 4.33. The van der Waals surface area contributed by atoms with E-state index < -0.39 is 0 Å². The van der Waals surface area contributed by atoms with Gasteiger partial charge >= 0.3 is 0 Å². The summed E-state index contributed by atoms with van der Waals surface area (Å²) in [6, 6.07) is 5.77. The number of amides is 1. The lowest BCUT2D eigenvalue weighted by Crippen LogP contribution is -2.42. The number of piperidine rings is 1. The van der Waals surface area contributed by atoms with Gasteiger partial charge in [-0.2, -0.15) is 0 Å². The summed E-state index contributed by atoms with van der Waals surface area (Å²) >= 11 is 6.31. The van der Waals surface area contributed by atoms with Crippen LogP contribution < -0.4 is 5.32 Å². The third-order valence-corrected chi connectivity index (χ3v) is 4.61. The van der Waals surface area contributed by atoms with Gasteiger partial charge in [0.1, 0.15) is 5.82 Å². The number of nitrogens with zero attached hydrogens (tertiary/aromatic N) is 3. The number of anilines is 2. The number of nitrogens with one attached hydrogen (secondary N) is 1. The van der Waals surface area contributed by atoms with Crippen molar-refractivity contribution in [1.82, 2.24) is 14.9 Å². The summed E-state index contributed by atoms with van der Waals surface area (Å²) in [5.41, 5.74) is 2.27. The molecule has 1 aliphatic rings. The van der Waals surface area contributed by atoms with Crippen molar-refractivity contribution < 1.29 is 4.79 Å². The average Bonchev–Trinajstić information content (AvgIpc) is 2.58. The predicted octanol–water partition coefficient (Wildman–Crippen LogP) is 4.20. The molecule has 0 unspecified atom stereocenters. The molecule has 0 bridgehead atoms. The highest BCUT2D eigenvalue weighted by Crippen LogP contribution is 2.26. The molecule has 2 aromatic rings. The first-order valence-electron chi connectivity index (χ1n) is 8.21. The maximum Gasteiger partial charge on any atom is 0.255 e. The van der Waals surface area contributed by atoms with Gasteiger partial charge in [-0.05, 0) is 51.3 Å². The Bertz CT molecular complexity index is 732. The van der Waals surface area contributed by atoms with Gasteiger partial charge in [-0.15, -0.1) is 0 Å². The molecule has 0 saturated carbocycles. The van der Waals surface area contributed by atoms with E-state index in [1.165, 1.54) is 6.42 Å². The Morgan fingerprint density at radius 2 is 2.12 bits per heavy atom. The summed E-state index contributed by atoms with van der Waals surface area (Å²) in [5, 5.41) is 3.55. The fourth-order valence-corrected chi connectivity index (χ4v) is 3.10. The molecule has 24 heavy (non-hydrogen) atoms. The molecule has 0 aromatic carbocycles. The van der Waals surface area contributed by atoms with Crippen LogP contribution in [0.15, 0.2) is 30.6 Å². The van der Waals surface area contributed by atoms with Gasteiger partial charge < -0.3 is 10.2 Å². The van der Waals surface area contributed by atoms with Crippen LogP contribution in [0, 0.1) is 6.92 Å². The van der Waals surface area contributed by atoms with Crippen LogP contribution in [-0.4, -0.2) is 33.4 Å². The number of hydrogen-bond acceptors (Lipinski definition) is 4. The Balaban J connectivity index is 1.76. The van der Waals surface area contributed by atoms with Gasteiger partial charge in [-0.3, -0.25) is 9.78 Å². The molecule has 1 N–H and O–H groups in total. The van der Waals surface area contributed by atoms with E-state index in [1.807, 2.05) is 24.0 Å². The molecule has 3 rings (SSSR count). The van der Waals surface area contributed by atoms with Crippen molar-refractivity contribution in [1.29, 1.82) is 0 Å². The molecule has 1 fully saturated rings. The van der Waals surface area contributed by atoms with Crippen molar-refractivity contribution in [3.8, 4) is 0 Å². The second-order valence-electron chi connectivity index (χ2n) is 6.21. The number of halogens is 1. The van der Waals surface area contributed by atoms with E-state index in [0.29, 0.717) is 16.4 Å². The lowest BCUT2D eigenvalue weighted by atomic mass is 10.0. The summed E-state index contributed by atoms with van der Waals surface area (Å²) in [4.78, 5) is 23.1.